The van der Waals surface area contributed by atoms with Crippen LogP contribution in [0, 0.1) is 0 Å². The molecule has 0 spiro atoms. The summed E-state index contributed by atoms with van der Waals surface area (Å²) >= 11 is 0. The number of carbonyl (C=O) groups excluding carboxylic acids is 3. The number of amides is 2. The van der Waals surface area contributed by atoms with Crippen molar-refractivity contribution in [2.45, 2.75) is 58.5 Å². The third-order valence-corrected chi connectivity index (χ3v) is 6.37. The lowest BCUT2D eigenvalue weighted by molar-refractivity contribution is -0.128. The van der Waals surface area contributed by atoms with Gasteiger partial charge in [-0.1, -0.05) is 56.5 Å². The SMILES string of the molecule is CCCCCCn1nc(C(=O)OCC(=O)N2c3ccccc3NC(=O)C2(C)C)c2ccccc2c1=O. The van der Waals surface area contributed by atoms with Crippen LogP contribution in [0.15, 0.2) is 53.3 Å². The maximum absolute atomic E-state index is 13.2. The Morgan fingerprint density at radius 3 is 2.42 bits per heavy atom. The summed E-state index contributed by atoms with van der Waals surface area (Å²) in [4.78, 5) is 53.2. The molecule has 1 aliphatic heterocycles. The minimum Gasteiger partial charge on any atom is -0.451 e. The first kappa shape index (κ1) is 25.1. The summed E-state index contributed by atoms with van der Waals surface area (Å²) in [5.74, 6) is -1.70. The van der Waals surface area contributed by atoms with E-state index in [1.54, 1.807) is 62.4 Å². The number of ether oxygens (including phenoxy) is 1. The molecular formula is C27H30N4O5. The molecule has 0 radical (unpaired) electrons. The Bertz CT molecular complexity index is 1380. The smallest absolute Gasteiger partial charge is 0.359 e. The lowest BCUT2D eigenvalue weighted by Gasteiger charge is -2.41. The number of nitrogens with one attached hydrogen (secondary N) is 1. The van der Waals surface area contributed by atoms with Gasteiger partial charge in [-0.25, -0.2) is 9.48 Å². The molecule has 188 valence electrons. The predicted octanol–water partition coefficient (Wildman–Crippen LogP) is 3.90. The van der Waals surface area contributed by atoms with E-state index in [0.29, 0.717) is 28.7 Å². The second-order valence-electron chi connectivity index (χ2n) is 9.32. The quantitative estimate of drug-likeness (QED) is 0.379. The van der Waals surface area contributed by atoms with Gasteiger partial charge in [0.05, 0.1) is 16.8 Å². The first-order valence-electron chi connectivity index (χ1n) is 12.2. The number of aryl methyl sites for hydroxylation is 1. The van der Waals surface area contributed by atoms with Gasteiger partial charge in [0.1, 0.15) is 5.54 Å². The fourth-order valence-corrected chi connectivity index (χ4v) is 4.38. The topological polar surface area (TPSA) is 111 Å². The molecule has 0 aliphatic carbocycles. The largest absolute Gasteiger partial charge is 0.451 e. The lowest BCUT2D eigenvalue weighted by atomic mass is 9.96. The monoisotopic (exact) mass is 490 g/mol. The van der Waals surface area contributed by atoms with E-state index < -0.39 is 24.0 Å². The Morgan fingerprint density at radius 1 is 0.972 bits per heavy atom. The van der Waals surface area contributed by atoms with E-state index in [-0.39, 0.29) is 17.2 Å². The fraction of sp³-hybridized carbons (Fsp3) is 0.370. The molecule has 0 atom stereocenters. The van der Waals surface area contributed by atoms with Crippen molar-refractivity contribution >= 4 is 39.9 Å². The highest BCUT2D eigenvalue weighted by molar-refractivity contribution is 6.14. The number of hydrogen-bond donors (Lipinski definition) is 1. The molecule has 1 aliphatic rings. The highest BCUT2D eigenvalue weighted by Gasteiger charge is 2.43. The van der Waals surface area contributed by atoms with E-state index >= 15 is 0 Å². The number of para-hydroxylation sites is 2. The van der Waals surface area contributed by atoms with Gasteiger partial charge in [-0.15, -0.1) is 0 Å². The Kier molecular flexibility index (Phi) is 7.19. The minimum atomic E-state index is -1.19. The van der Waals surface area contributed by atoms with Gasteiger partial charge in [0, 0.05) is 11.9 Å². The summed E-state index contributed by atoms with van der Waals surface area (Å²) in [6, 6.07) is 13.7. The number of carbonyl (C=O) groups is 3. The average molecular weight is 491 g/mol. The number of benzene rings is 2. The summed E-state index contributed by atoms with van der Waals surface area (Å²) in [7, 11) is 0. The van der Waals surface area contributed by atoms with Gasteiger partial charge in [0.2, 0.25) is 5.91 Å². The molecule has 2 aromatic carbocycles. The molecule has 3 aromatic rings. The van der Waals surface area contributed by atoms with Crippen LogP contribution in [0.4, 0.5) is 11.4 Å². The zero-order valence-electron chi connectivity index (χ0n) is 20.7. The second kappa shape index (κ2) is 10.3. The van der Waals surface area contributed by atoms with Crippen molar-refractivity contribution in [3.05, 3.63) is 64.6 Å². The standard InChI is InChI=1S/C27H30N4O5/c1-4-5-6-11-16-30-24(33)19-13-8-7-12-18(19)23(29-30)25(34)36-17-22(32)31-21-15-10-9-14-20(21)28-26(35)27(31,2)3/h7-10,12-15H,4-6,11,16-17H2,1-3H3,(H,28,35). The first-order valence-corrected chi connectivity index (χ1v) is 12.2. The number of unbranched alkanes of at least 4 members (excludes halogenated alkanes) is 3. The van der Waals surface area contributed by atoms with Gasteiger partial charge in [-0.2, -0.15) is 5.10 Å². The van der Waals surface area contributed by atoms with Gasteiger partial charge >= 0.3 is 5.97 Å². The summed E-state index contributed by atoms with van der Waals surface area (Å²) in [6.07, 6.45) is 3.82. The van der Waals surface area contributed by atoms with Crippen molar-refractivity contribution in [1.29, 1.82) is 0 Å². The average Bonchev–Trinajstić information content (AvgIpc) is 2.87. The summed E-state index contributed by atoms with van der Waals surface area (Å²) in [5, 5.41) is 7.84. The molecule has 1 N–H and O–H groups in total. The Morgan fingerprint density at radius 2 is 1.67 bits per heavy atom. The van der Waals surface area contributed by atoms with Crippen LogP contribution in [-0.4, -0.2) is 39.7 Å². The third kappa shape index (κ3) is 4.73. The van der Waals surface area contributed by atoms with Crippen molar-refractivity contribution in [2.24, 2.45) is 0 Å². The number of nitrogens with zero attached hydrogens (tertiary/aromatic N) is 3. The van der Waals surface area contributed by atoms with Gasteiger partial charge in [-0.05, 0) is 38.5 Å². The number of rotatable bonds is 8. The molecule has 0 unspecified atom stereocenters. The first-order chi connectivity index (χ1) is 17.3. The molecule has 36 heavy (non-hydrogen) atoms. The minimum absolute atomic E-state index is 0.0236. The molecule has 4 rings (SSSR count). The van der Waals surface area contributed by atoms with E-state index in [1.165, 1.54) is 9.58 Å². The van der Waals surface area contributed by atoms with Gasteiger partial charge < -0.3 is 10.1 Å². The van der Waals surface area contributed by atoms with Crippen molar-refractivity contribution < 1.29 is 19.1 Å². The molecule has 9 heteroatoms. The van der Waals surface area contributed by atoms with E-state index in [1.807, 2.05) is 0 Å². The molecule has 0 bridgehead atoms. The Hall–Kier alpha value is -4.01. The Labute approximate surface area is 209 Å². The van der Waals surface area contributed by atoms with Crippen LogP contribution in [0.5, 0.6) is 0 Å². The molecule has 0 fully saturated rings. The molecule has 1 aromatic heterocycles. The number of hydrogen-bond acceptors (Lipinski definition) is 6. The number of esters is 1. The van der Waals surface area contributed by atoms with E-state index in [4.69, 9.17) is 4.74 Å². The Balaban J connectivity index is 1.59. The highest BCUT2D eigenvalue weighted by Crippen LogP contribution is 2.36. The van der Waals surface area contributed by atoms with Crippen molar-refractivity contribution in [3.63, 3.8) is 0 Å². The van der Waals surface area contributed by atoms with Crippen LogP contribution in [-0.2, 0) is 20.9 Å². The van der Waals surface area contributed by atoms with E-state index in [2.05, 4.69) is 17.3 Å². The highest BCUT2D eigenvalue weighted by atomic mass is 16.5. The van der Waals surface area contributed by atoms with Crippen LogP contribution in [0.2, 0.25) is 0 Å². The molecule has 0 saturated heterocycles. The molecule has 9 nitrogen and oxygen atoms in total. The van der Waals surface area contributed by atoms with Crippen LogP contribution in [0.3, 0.4) is 0 Å². The summed E-state index contributed by atoms with van der Waals surface area (Å²) in [5.41, 5.74) is -0.456. The lowest BCUT2D eigenvalue weighted by Crippen LogP contribution is -2.59. The van der Waals surface area contributed by atoms with Crippen LogP contribution in [0.25, 0.3) is 10.8 Å². The fourth-order valence-electron chi connectivity index (χ4n) is 4.38. The van der Waals surface area contributed by atoms with Gasteiger partial charge in [0.25, 0.3) is 11.5 Å². The number of aromatic nitrogens is 2. The predicted molar refractivity (Wildman–Crippen MR) is 137 cm³/mol. The van der Waals surface area contributed by atoms with Crippen LogP contribution >= 0.6 is 0 Å². The van der Waals surface area contributed by atoms with Crippen molar-refractivity contribution in [3.8, 4) is 0 Å². The molecule has 2 amide bonds. The van der Waals surface area contributed by atoms with E-state index in [0.717, 1.165) is 25.7 Å². The zero-order valence-corrected chi connectivity index (χ0v) is 20.7. The number of fused-ring (bicyclic) bond motifs is 2. The molecular weight excluding hydrogens is 460 g/mol. The molecule has 2 heterocycles. The maximum Gasteiger partial charge on any atom is 0.359 e. The van der Waals surface area contributed by atoms with Crippen molar-refractivity contribution in [1.82, 2.24) is 9.78 Å². The van der Waals surface area contributed by atoms with Crippen molar-refractivity contribution in [2.75, 3.05) is 16.8 Å². The summed E-state index contributed by atoms with van der Waals surface area (Å²) < 4.78 is 6.69. The maximum atomic E-state index is 13.2. The normalized spacial score (nSPS) is 14.3. The molecule has 0 saturated carbocycles. The third-order valence-electron chi connectivity index (χ3n) is 6.37. The number of anilines is 2. The van der Waals surface area contributed by atoms with Gasteiger partial charge in [-0.3, -0.25) is 19.3 Å². The summed E-state index contributed by atoms with van der Waals surface area (Å²) in [6.45, 7) is 5.15. The van der Waals surface area contributed by atoms with E-state index in [9.17, 15) is 19.2 Å². The van der Waals surface area contributed by atoms with Crippen LogP contribution in [0.1, 0.15) is 56.9 Å². The zero-order chi connectivity index (χ0) is 25.9. The van der Waals surface area contributed by atoms with Crippen LogP contribution < -0.4 is 15.8 Å². The van der Waals surface area contributed by atoms with Gasteiger partial charge in [0.15, 0.2) is 12.3 Å². The second-order valence-corrected chi connectivity index (χ2v) is 9.32.